The van der Waals surface area contributed by atoms with Crippen LogP contribution in [-0.4, -0.2) is 23.4 Å². The Labute approximate surface area is 105 Å². The zero-order valence-electron chi connectivity index (χ0n) is 9.97. The van der Waals surface area contributed by atoms with Gasteiger partial charge in [0, 0.05) is 13.0 Å². The lowest BCUT2D eigenvalue weighted by Gasteiger charge is -2.37. The molecular formula is C15H14FNO. The summed E-state index contributed by atoms with van der Waals surface area (Å²) in [5.41, 5.74) is 2.15. The summed E-state index contributed by atoms with van der Waals surface area (Å²) in [5, 5.41) is 0. The molecule has 2 aliphatic rings. The average molecular weight is 243 g/mol. The minimum Gasteiger partial charge on any atom is -0.331 e. The van der Waals surface area contributed by atoms with Gasteiger partial charge in [0.05, 0.1) is 6.04 Å². The van der Waals surface area contributed by atoms with E-state index in [4.69, 9.17) is 0 Å². The molecule has 0 fully saturated rings. The molecule has 1 aromatic carbocycles. The van der Waals surface area contributed by atoms with Gasteiger partial charge in [-0.25, -0.2) is 4.39 Å². The Morgan fingerprint density at radius 2 is 1.94 bits per heavy atom. The Bertz CT molecular complexity index is 530. The van der Waals surface area contributed by atoms with Crippen molar-refractivity contribution < 1.29 is 9.18 Å². The predicted octanol–water partition coefficient (Wildman–Crippen LogP) is 2.77. The van der Waals surface area contributed by atoms with Crippen molar-refractivity contribution in [3.05, 3.63) is 53.9 Å². The maximum atomic E-state index is 13.0. The number of benzene rings is 1. The summed E-state index contributed by atoms with van der Waals surface area (Å²) in [7, 11) is 0. The lowest BCUT2D eigenvalue weighted by atomic mass is 9.89. The lowest BCUT2D eigenvalue weighted by Crippen LogP contribution is -2.44. The molecule has 3 heteroatoms. The minimum absolute atomic E-state index is 0.113. The van der Waals surface area contributed by atoms with Gasteiger partial charge in [0.15, 0.2) is 0 Å². The van der Waals surface area contributed by atoms with Crippen LogP contribution in [-0.2, 0) is 4.79 Å². The molecule has 0 spiro atoms. The third-order valence-corrected chi connectivity index (χ3v) is 3.56. The Morgan fingerprint density at radius 1 is 1.17 bits per heavy atom. The molecule has 2 heterocycles. The van der Waals surface area contributed by atoms with Crippen molar-refractivity contribution in [3.63, 3.8) is 0 Å². The van der Waals surface area contributed by atoms with Crippen molar-refractivity contribution in [2.75, 3.05) is 6.54 Å². The van der Waals surface area contributed by atoms with E-state index in [1.807, 2.05) is 17.1 Å². The Kier molecular flexibility index (Phi) is 2.74. The van der Waals surface area contributed by atoms with E-state index in [-0.39, 0.29) is 17.8 Å². The number of amides is 1. The summed E-state index contributed by atoms with van der Waals surface area (Å²) in [4.78, 5) is 13.7. The van der Waals surface area contributed by atoms with Gasteiger partial charge in [-0.05, 0) is 29.7 Å². The molecule has 1 amide bonds. The van der Waals surface area contributed by atoms with Crippen LogP contribution >= 0.6 is 0 Å². The summed E-state index contributed by atoms with van der Waals surface area (Å²) < 4.78 is 13.0. The van der Waals surface area contributed by atoms with Crippen molar-refractivity contribution in [1.29, 1.82) is 0 Å². The monoisotopic (exact) mass is 243 g/mol. The smallest absolute Gasteiger partial charge is 0.227 e. The number of halogens is 1. The molecule has 1 atom stereocenters. The molecule has 18 heavy (non-hydrogen) atoms. The van der Waals surface area contributed by atoms with Crippen LogP contribution < -0.4 is 0 Å². The van der Waals surface area contributed by atoms with Gasteiger partial charge in [0.25, 0.3) is 0 Å². The first kappa shape index (κ1) is 11.2. The van der Waals surface area contributed by atoms with Crippen molar-refractivity contribution in [3.8, 4) is 0 Å². The maximum Gasteiger partial charge on any atom is 0.227 e. The van der Waals surface area contributed by atoms with Gasteiger partial charge in [0.1, 0.15) is 5.82 Å². The molecule has 0 radical (unpaired) electrons. The number of carbonyl (C=O) groups is 1. The zero-order valence-corrected chi connectivity index (χ0v) is 9.97. The van der Waals surface area contributed by atoms with Crippen molar-refractivity contribution in [2.24, 2.45) is 0 Å². The molecule has 0 aliphatic carbocycles. The quantitative estimate of drug-likeness (QED) is 0.694. The Morgan fingerprint density at radius 3 is 2.72 bits per heavy atom. The number of fused-ring (bicyclic) bond motifs is 1. The fourth-order valence-electron chi connectivity index (χ4n) is 2.64. The van der Waals surface area contributed by atoms with Crippen molar-refractivity contribution in [2.45, 2.75) is 18.9 Å². The number of rotatable bonds is 1. The molecule has 0 unspecified atom stereocenters. The van der Waals surface area contributed by atoms with E-state index in [1.165, 1.54) is 12.1 Å². The standard InChI is InChI=1S/C15H14FNO/c16-12-6-4-11(5-7-12)13-8-9-15(18)17-10-2-1-3-14(13)17/h1-2,4-8,14H,3,9-10H2/t14-/m1/s1. The molecule has 3 rings (SSSR count). The van der Waals surface area contributed by atoms with E-state index in [1.54, 1.807) is 12.1 Å². The third kappa shape index (κ3) is 1.86. The summed E-state index contributed by atoms with van der Waals surface area (Å²) in [5.74, 6) is -0.0538. The fraction of sp³-hybridized carbons (Fsp3) is 0.267. The van der Waals surface area contributed by atoms with Gasteiger partial charge < -0.3 is 4.90 Å². The highest BCUT2D eigenvalue weighted by Crippen LogP contribution is 2.31. The van der Waals surface area contributed by atoms with Crippen LogP contribution in [0.4, 0.5) is 4.39 Å². The number of nitrogens with zero attached hydrogens (tertiary/aromatic N) is 1. The van der Waals surface area contributed by atoms with Crippen LogP contribution in [0.2, 0.25) is 0 Å². The average Bonchev–Trinajstić information content (AvgIpc) is 2.41. The van der Waals surface area contributed by atoms with Crippen LogP contribution in [0.3, 0.4) is 0 Å². The Hall–Kier alpha value is -1.90. The first-order valence-corrected chi connectivity index (χ1v) is 6.16. The summed E-state index contributed by atoms with van der Waals surface area (Å²) in [6.07, 6.45) is 7.40. The van der Waals surface area contributed by atoms with Gasteiger partial charge in [-0.3, -0.25) is 4.79 Å². The Balaban J connectivity index is 1.98. The van der Waals surface area contributed by atoms with Crippen molar-refractivity contribution in [1.82, 2.24) is 4.90 Å². The van der Waals surface area contributed by atoms with Gasteiger partial charge >= 0.3 is 0 Å². The molecule has 0 saturated heterocycles. The molecule has 0 saturated carbocycles. The zero-order chi connectivity index (χ0) is 12.5. The van der Waals surface area contributed by atoms with Crippen molar-refractivity contribution >= 4 is 11.5 Å². The molecule has 0 aromatic heterocycles. The molecular weight excluding hydrogens is 229 g/mol. The van der Waals surface area contributed by atoms with E-state index in [0.717, 1.165) is 17.6 Å². The lowest BCUT2D eigenvalue weighted by molar-refractivity contribution is -0.131. The van der Waals surface area contributed by atoms with E-state index in [9.17, 15) is 9.18 Å². The van der Waals surface area contributed by atoms with Gasteiger partial charge in [-0.1, -0.05) is 30.4 Å². The van der Waals surface area contributed by atoms with Crippen LogP contribution in [0, 0.1) is 5.82 Å². The fourth-order valence-corrected chi connectivity index (χ4v) is 2.64. The summed E-state index contributed by atoms with van der Waals surface area (Å²) in [6, 6.07) is 6.62. The molecule has 0 bridgehead atoms. The molecule has 0 N–H and O–H groups in total. The van der Waals surface area contributed by atoms with Gasteiger partial charge in [-0.15, -0.1) is 0 Å². The number of hydrogen-bond acceptors (Lipinski definition) is 1. The minimum atomic E-state index is -0.230. The van der Waals surface area contributed by atoms with Crippen LogP contribution in [0.25, 0.3) is 5.57 Å². The highest BCUT2D eigenvalue weighted by atomic mass is 19.1. The highest BCUT2D eigenvalue weighted by molar-refractivity contribution is 5.87. The second-order valence-electron chi connectivity index (χ2n) is 4.64. The maximum absolute atomic E-state index is 13.0. The molecule has 92 valence electrons. The van der Waals surface area contributed by atoms with Crippen LogP contribution in [0.15, 0.2) is 42.5 Å². The summed E-state index contributed by atoms with van der Waals surface area (Å²) >= 11 is 0. The number of carbonyl (C=O) groups excluding carboxylic acids is 1. The molecule has 2 aliphatic heterocycles. The third-order valence-electron chi connectivity index (χ3n) is 3.56. The topological polar surface area (TPSA) is 20.3 Å². The first-order valence-electron chi connectivity index (χ1n) is 6.16. The SMILES string of the molecule is O=C1CC=C(c2ccc(F)cc2)[C@H]2CC=CCN12. The largest absolute Gasteiger partial charge is 0.331 e. The number of hydrogen-bond donors (Lipinski definition) is 0. The predicted molar refractivity (Wildman–Crippen MR) is 68.3 cm³/mol. The van der Waals surface area contributed by atoms with E-state index in [2.05, 4.69) is 6.08 Å². The second-order valence-corrected chi connectivity index (χ2v) is 4.64. The van der Waals surface area contributed by atoms with Gasteiger partial charge in [0.2, 0.25) is 5.91 Å². The molecule has 1 aromatic rings. The normalized spacial score (nSPS) is 22.7. The van der Waals surface area contributed by atoms with E-state index >= 15 is 0 Å². The van der Waals surface area contributed by atoms with Gasteiger partial charge in [-0.2, -0.15) is 0 Å². The van der Waals surface area contributed by atoms with E-state index in [0.29, 0.717) is 13.0 Å². The summed E-state index contributed by atoms with van der Waals surface area (Å²) in [6.45, 7) is 0.683. The van der Waals surface area contributed by atoms with Crippen LogP contribution in [0.1, 0.15) is 18.4 Å². The molecule has 2 nitrogen and oxygen atoms in total. The van der Waals surface area contributed by atoms with Crippen LogP contribution in [0.5, 0.6) is 0 Å². The highest BCUT2D eigenvalue weighted by Gasteiger charge is 2.30. The second kappa shape index (κ2) is 4.41. The first-order chi connectivity index (χ1) is 8.75. The van der Waals surface area contributed by atoms with E-state index < -0.39 is 0 Å².